The van der Waals surface area contributed by atoms with Crippen LogP contribution in [0.3, 0.4) is 0 Å². The molecule has 2 aromatic rings. The molecule has 3 rings (SSSR count). The number of nitrogens with one attached hydrogen (secondary N) is 2. The summed E-state index contributed by atoms with van der Waals surface area (Å²) < 4.78 is 19.7. The molecule has 0 saturated carbocycles. The van der Waals surface area contributed by atoms with E-state index in [9.17, 15) is 14.0 Å². The largest absolute Gasteiger partial charge is 0.465 e. The average molecular weight is 365 g/mol. The van der Waals surface area contributed by atoms with Crippen molar-refractivity contribution in [3.8, 4) is 0 Å². The van der Waals surface area contributed by atoms with Gasteiger partial charge in [-0.1, -0.05) is 11.6 Å². The number of anilines is 2. The summed E-state index contributed by atoms with van der Waals surface area (Å²) in [7, 11) is 0. The molecule has 0 saturated heterocycles. The molecule has 1 heterocycles. The zero-order valence-electron chi connectivity index (χ0n) is 13.1. The van der Waals surface area contributed by atoms with Crippen molar-refractivity contribution >= 4 is 35.2 Å². The summed E-state index contributed by atoms with van der Waals surface area (Å²) in [5.41, 5.74) is 0.401. The van der Waals surface area contributed by atoms with Gasteiger partial charge in [0.05, 0.1) is 5.69 Å². The summed E-state index contributed by atoms with van der Waals surface area (Å²) in [4.78, 5) is 22.6. The van der Waals surface area contributed by atoms with Gasteiger partial charge in [-0.2, -0.15) is 0 Å². The lowest BCUT2D eigenvalue weighted by molar-refractivity contribution is 0.0263. The Bertz CT molecular complexity index is 874. The van der Waals surface area contributed by atoms with Crippen molar-refractivity contribution in [2.24, 2.45) is 0 Å². The van der Waals surface area contributed by atoms with Crippen molar-refractivity contribution < 1.29 is 23.8 Å². The number of benzene rings is 2. The van der Waals surface area contributed by atoms with Gasteiger partial charge in [0.15, 0.2) is 0 Å². The van der Waals surface area contributed by atoms with E-state index in [-0.39, 0.29) is 17.7 Å². The number of amides is 2. The lowest BCUT2D eigenvalue weighted by Gasteiger charge is -2.36. The molecule has 0 aromatic heterocycles. The van der Waals surface area contributed by atoms with Crippen molar-refractivity contribution in [2.75, 3.05) is 10.6 Å². The number of carbonyl (C=O) groups excluding carboxylic acids is 1. The Morgan fingerprint density at radius 1 is 1.36 bits per heavy atom. The first kappa shape index (κ1) is 17.0. The molecule has 1 unspecified atom stereocenters. The summed E-state index contributed by atoms with van der Waals surface area (Å²) in [6, 6.07) is 8.77. The lowest BCUT2D eigenvalue weighted by Crippen LogP contribution is -2.39. The van der Waals surface area contributed by atoms with Gasteiger partial charge in [-0.3, -0.25) is 10.6 Å². The van der Waals surface area contributed by atoms with E-state index in [4.69, 9.17) is 21.4 Å². The molecule has 1 atom stereocenters. The monoisotopic (exact) mass is 364 g/mol. The van der Waals surface area contributed by atoms with Crippen LogP contribution in [0, 0.1) is 5.82 Å². The first-order valence-corrected chi connectivity index (χ1v) is 7.73. The van der Waals surface area contributed by atoms with Crippen LogP contribution in [0.4, 0.5) is 25.4 Å². The number of halogens is 2. The highest BCUT2D eigenvalue weighted by Gasteiger charge is 2.38. The number of fused-ring (bicyclic) bond motifs is 1. The fourth-order valence-corrected chi connectivity index (χ4v) is 3.04. The van der Waals surface area contributed by atoms with Crippen molar-refractivity contribution in [3.63, 3.8) is 0 Å². The zero-order valence-corrected chi connectivity index (χ0v) is 13.9. The molecule has 0 bridgehead atoms. The molecule has 0 spiro atoms. The van der Waals surface area contributed by atoms with Crippen molar-refractivity contribution in [1.29, 1.82) is 0 Å². The second kappa shape index (κ2) is 6.25. The topological polar surface area (TPSA) is 87.7 Å². The Morgan fingerprint density at radius 2 is 2.12 bits per heavy atom. The smallest absolute Gasteiger partial charge is 0.412 e. The van der Waals surface area contributed by atoms with Gasteiger partial charge >= 0.3 is 12.2 Å². The molecular weight excluding hydrogens is 351 g/mol. The highest BCUT2D eigenvalue weighted by molar-refractivity contribution is 6.30. The average Bonchev–Trinajstić information content (AvgIpc) is 2.51. The minimum atomic E-state index is -1.26. The van der Waals surface area contributed by atoms with Crippen LogP contribution >= 0.6 is 11.6 Å². The van der Waals surface area contributed by atoms with Crippen LogP contribution in [0.2, 0.25) is 5.02 Å². The summed E-state index contributed by atoms with van der Waals surface area (Å²) in [5, 5.41) is 14.0. The highest BCUT2D eigenvalue weighted by Crippen LogP contribution is 2.40. The lowest BCUT2D eigenvalue weighted by atomic mass is 9.86. The third-order valence-corrected chi connectivity index (χ3v) is 4.17. The Kier molecular flexibility index (Phi) is 4.26. The molecule has 1 aliphatic heterocycles. The van der Waals surface area contributed by atoms with Gasteiger partial charge in [-0.15, -0.1) is 0 Å². The van der Waals surface area contributed by atoms with E-state index < -0.39 is 23.6 Å². The number of rotatable bonds is 3. The molecular formula is C17H14ClFN2O4. The van der Waals surface area contributed by atoms with Gasteiger partial charge in [-0.05, 0) is 48.9 Å². The van der Waals surface area contributed by atoms with E-state index in [2.05, 4.69) is 10.6 Å². The molecule has 2 amide bonds. The predicted octanol–water partition coefficient (Wildman–Crippen LogP) is 4.59. The van der Waals surface area contributed by atoms with Crippen molar-refractivity contribution in [1.82, 2.24) is 0 Å². The normalized spacial score (nSPS) is 18.8. The van der Waals surface area contributed by atoms with Crippen LogP contribution in [0.15, 0.2) is 36.4 Å². The minimum absolute atomic E-state index is 0.00867. The van der Waals surface area contributed by atoms with Crippen LogP contribution in [0.1, 0.15) is 18.1 Å². The van der Waals surface area contributed by atoms with E-state index in [1.807, 2.05) is 0 Å². The third-order valence-electron chi connectivity index (χ3n) is 3.93. The molecule has 6 nitrogen and oxygen atoms in total. The SMILES string of the molecule is CC1(Cc2cc(NC(=O)O)ccc2F)OC(=O)Nc2ccc(Cl)cc21. The Hall–Kier alpha value is -2.80. The number of hydrogen-bond acceptors (Lipinski definition) is 3. The van der Waals surface area contributed by atoms with Gasteiger partial charge < -0.3 is 9.84 Å². The number of ether oxygens (including phenoxy) is 1. The number of cyclic esters (lactones) is 1. The van der Waals surface area contributed by atoms with Gasteiger partial charge in [-0.25, -0.2) is 14.0 Å². The van der Waals surface area contributed by atoms with E-state index >= 15 is 0 Å². The summed E-state index contributed by atoms with van der Waals surface area (Å²) in [5.74, 6) is -0.532. The Balaban J connectivity index is 2.01. The molecule has 2 aromatic carbocycles. The van der Waals surface area contributed by atoms with Gasteiger partial charge in [0.2, 0.25) is 0 Å². The standard InChI is InChI=1S/C17H14ClFN2O4/c1-17(8-9-6-11(20-15(22)23)3-4-13(9)19)12-7-10(18)2-5-14(12)21-16(24)25-17/h2-7,20H,8H2,1H3,(H,21,24)(H,22,23). The van der Waals surface area contributed by atoms with Gasteiger partial charge in [0.25, 0.3) is 0 Å². The second-order valence-electron chi connectivity index (χ2n) is 5.85. The maximum atomic E-state index is 14.2. The predicted molar refractivity (Wildman–Crippen MR) is 90.7 cm³/mol. The number of carbonyl (C=O) groups is 2. The molecule has 0 aliphatic carbocycles. The quantitative estimate of drug-likeness (QED) is 0.743. The van der Waals surface area contributed by atoms with Gasteiger partial charge in [0.1, 0.15) is 11.4 Å². The molecule has 1 aliphatic rings. The maximum absolute atomic E-state index is 14.2. The first-order valence-electron chi connectivity index (χ1n) is 7.35. The third kappa shape index (κ3) is 3.51. The first-order chi connectivity index (χ1) is 11.8. The van der Waals surface area contributed by atoms with Crippen LogP contribution in [0.5, 0.6) is 0 Å². The molecule has 130 valence electrons. The Labute approximate surface area is 147 Å². The van der Waals surface area contributed by atoms with Gasteiger partial charge in [0, 0.05) is 22.7 Å². The maximum Gasteiger partial charge on any atom is 0.412 e. The highest BCUT2D eigenvalue weighted by atomic mass is 35.5. The fourth-order valence-electron chi connectivity index (χ4n) is 2.86. The second-order valence-corrected chi connectivity index (χ2v) is 6.28. The molecule has 8 heteroatoms. The summed E-state index contributed by atoms with van der Waals surface area (Å²) >= 11 is 6.04. The molecule has 25 heavy (non-hydrogen) atoms. The van der Waals surface area contributed by atoms with Crippen LogP contribution < -0.4 is 10.6 Å². The van der Waals surface area contributed by atoms with Crippen LogP contribution in [0.25, 0.3) is 0 Å². The Morgan fingerprint density at radius 3 is 2.84 bits per heavy atom. The van der Waals surface area contributed by atoms with Crippen LogP contribution in [-0.4, -0.2) is 17.3 Å². The summed E-state index contributed by atoms with van der Waals surface area (Å²) in [6.07, 6.45) is -1.90. The molecule has 0 radical (unpaired) electrons. The number of carboxylic acid groups (broad SMARTS) is 1. The van der Waals surface area contributed by atoms with Crippen LogP contribution in [-0.2, 0) is 16.8 Å². The van der Waals surface area contributed by atoms with E-state index in [1.54, 1.807) is 25.1 Å². The minimum Gasteiger partial charge on any atom is -0.465 e. The summed E-state index contributed by atoms with van der Waals surface area (Å²) in [6.45, 7) is 1.65. The number of hydrogen-bond donors (Lipinski definition) is 3. The van der Waals surface area contributed by atoms with E-state index in [1.165, 1.54) is 12.1 Å². The van der Waals surface area contributed by atoms with E-state index in [0.717, 1.165) is 6.07 Å². The van der Waals surface area contributed by atoms with E-state index in [0.29, 0.717) is 16.3 Å². The molecule has 3 N–H and O–H groups in total. The fraction of sp³-hybridized carbons (Fsp3) is 0.176. The molecule has 0 fully saturated rings. The zero-order chi connectivity index (χ0) is 18.2. The van der Waals surface area contributed by atoms with Crippen molar-refractivity contribution in [3.05, 3.63) is 58.4 Å². The van der Waals surface area contributed by atoms with Crippen molar-refractivity contribution in [2.45, 2.75) is 18.9 Å².